The lowest BCUT2D eigenvalue weighted by atomic mass is 10.1. The minimum atomic E-state index is 0.439. The molecule has 102 valence electrons. The molecule has 0 bridgehead atoms. The molecule has 0 aliphatic carbocycles. The molecular weight excluding hydrogens is 326 g/mol. The predicted octanol–water partition coefficient (Wildman–Crippen LogP) is 5.17. The van der Waals surface area contributed by atoms with Crippen molar-refractivity contribution in [1.29, 1.82) is 0 Å². The van der Waals surface area contributed by atoms with Crippen molar-refractivity contribution in [3.8, 4) is 11.3 Å². The molecule has 0 spiro atoms. The van der Waals surface area contributed by atoms with Gasteiger partial charge in [-0.05, 0) is 36.8 Å². The fourth-order valence-electron chi connectivity index (χ4n) is 1.76. The van der Waals surface area contributed by atoms with Gasteiger partial charge in [0.15, 0.2) is 0 Å². The van der Waals surface area contributed by atoms with E-state index in [1.54, 1.807) is 0 Å². The molecule has 2 aromatic rings. The molecule has 0 radical (unpaired) electrons. The second-order valence-corrected chi connectivity index (χ2v) is 6.14. The summed E-state index contributed by atoms with van der Waals surface area (Å²) in [6.07, 6.45) is 0. The molecule has 2 nitrogen and oxygen atoms in total. The average molecular weight is 343 g/mol. The number of nitrogens with one attached hydrogen (secondary N) is 1. The van der Waals surface area contributed by atoms with Crippen LogP contribution < -0.4 is 5.32 Å². The fraction of sp³-hybridized carbons (Fsp3) is 0.333. The summed E-state index contributed by atoms with van der Waals surface area (Å²) < 4.78 is 6.84. The molecule has 1 aromatic carbocycles. The highest BCUT2D eigenvalue weighted by atomic mass is 79.9. The van der Waals surface area contributed by atoms with Crippen molar-refractivity contribution in [3.05, 3.63) is 45.1 Å². The minimum Gasteiger partial charge on any atom is -0.460 e. The maximum absolute atomic E-state index is 6.17. The number of hydrogen-bond donors (Lipinski definition) is 1. The van der Waals surface area contributed by atoms with Crippen LogP contribution in [-0.2, 0) is 6.54 Å². The van der Waals surface area contributed by atoms with Gasteiger partial charge in [0, 0.05) is 21.1 Å². The monoisotopic (exact) mass is 341 g/mol. The zero-order chi connectivity index (χ0) is 14.0. The lowest BCUT2D eigenvalue weighted by Crippen LogP contribution is -2.21. The Morgan fingerprint density at radius 2 is 2.05 bits per heavy atom. The van der Waals surface area contributed by atoms with E-state index in [2.05, 4.69) is 35.1 Å². The van der Waals surface area contributed by atoms with Crippen LogP contribution in [0.3, 0.4) is 0 Å². The highest BCUT2D eigenvalue weighted by Gasteiger charge is 2.11. The molecular formula is C15H17BrClNO. The third-order valence-corrected chi connectivity index (χ3v) is 3.92. The largest absolute Gasteiger partial charge is 0.460 e. The third kappa shape index (κ3) is 3.62. The van der Waals surface area contributed by atoms with Crippen LogP contribution in [0.5, 0.6) is 0 Å². The predicted molar refractivity (Wildman–Crippen MR) is 83.6 cm³/mol. The molecule has 0 amide bonds. The van der Waals surface area contributed by atoms with Gasteiger partial charge in [-0.2, -0.15) is 0 Å². The summed E-state index contributed by atoms with van der Waals surface area (Å²) in [5.74, 6) is 1.75. The van der Waals surface area contributed by atoms with Crippen LogP contribution in [0.4, 0.5) is 0 Å². The quantitative estimate of drug-likeness (QED) is 0.829. The molecule has 0 atom stereocenters. The Kier molecular flexibility index (Phi) is 4.71. The number of rotatable bonds is 4. The molecule has 0 saturated heterocycles. The van der Waals surface area contributed by atoms with E-state index in [9.17, 15) is 0 Å². The first kappa shape index (κ1) is 14.6. The normalized spacial score (nSPS) is 11.3. The SMILES string of the molecule is Cc1cc(Br)c(-c2ccc(CNC(C)C)o2)cc1Cl. The Morgan fingerprint density at radius 1 is 1.32 bits per heavy atom. The van der Waals surface area contributed by atoms with E-state index < -0.39 is 0 Å². The van der Waals surface area contributed by atoms with Gasteiger partial charge in [-0.1, -0.05) is 41.4 Å². The Labute approximate surface area is 127 Å². The van der Waals surface area contributed by atoms with E-state index in [1.807, 2.05) is 31.2 Å². The standard InChI is InChI=1S/C15H17BrClNO/c1-9(2)18-8-11-4-5-15(19-11)12-7-14(17)10(3)6-13(12)16/h4-7,9,18H,8H2,1-3H3. The van der Waals surface area contributed by atoms with Crippen molar-refractivity contribution in [2.24, 2.45) is 0 Å². The van der Waals surface area contributed by atoms with Gasteiger partial charge in [0.05, 0.1) is 6.54 Å². The van der Waals surface area contributed by atoms with E-state index in [1.165, 1.54) is 0 Å². The van der Waals surface area contributed by atoms with E-state index in [4.69, 9.17) is 16.0 Å². The molecule has 1 aromatic heterocycles. The minimum absolute atomic E-state index is 0.439. The molecule has 0 unspecified atom stereocenters. The van der Waals surface area contributed by atoms with E-state index in [0.29, 0.717) is 6.04 Å². The summed E-state index contributed by atoms with van der Waals surface area (Å²) in [5.41, 5.74) is 2.02. The van der Waals surface area contributed by atoms with Gasteiger partial charge in [-0.3, -0.25) is 0 Å². The summed E-state index contributed by atoms with van der Waals surface area (Å²) in [6, 6.07) is 8.34. The highest BCUT2D eigenvalue weighted by molar-refractivity contribution is 9.10. The van der Waals surface area contributed by atoms with Gasteiger partial charge < -0.3 is 9.73 Å². The second kappa shape index (κ2) is 6.12. The van der Waals surface area contributed by atoms with Crippen LogP contribution in [-0.4, -0.2) is 6.04 Å². The number of hydrogen-bond acceptors (Lipinski definition) is 2. The van der Waals surface area contributed by atoms with Crippen LogP contribution in [0.2, 0.25) is 5.02 Å². The summed E-state index contributed by atoms with van der Waals surface area (Å²) in [6.45, 7) is 6.94. The number of benzene rings is 1. The summed E-state index contributed by atoms with van der Waals surface area (Å²) in [7, 11) is 0. The van der Waals surface area contributed by atoms with Crippen molar-refractivity contribution in [1.82, 2.24) is 5.32 Å². The molecule has 0 fully saturated rings. The third-order valence-electron chi connectivity index (χ3n) is 2.86. The summed E-state index contributed by atoms with van der Waals surface area (Å²) in [5, 5.41) is 4.08. The van der Waals surface area contributed by atoms with Crippen molar-refractivity contribution < 1.29 is 4.42 Å². The second-order valence-electron chi connectivity index (χ2n) is 4.88. The zero-order valence-corrected chi connectivity index (χ0v) is 13.6. The molecule has 0 saturated carbocycles. The van der Waals surface area contributed by atoms with Crippen molar-refractivity contribution >= 4 is 27.5 Å². The van der Waals surface area contributed by atoms with Gasteiger partial charge in [0.2, 0.25) is 0 Å². The first-order valence-corrected chi connectivity index (χ1v) is 7.42. The van der Waals surface area contributed by atoms with Crippen molar-refractivity contribution in [2.45, 2.75) is 33.4 Å². The first-order chi connectivity index (χ1) is 8.97. The smallest absolute Gasteiger partial charge is 0.135 e. The molecule has 1 N–H and O–H groups in total. The Balaban J connectivity index is 2.25. The topological polar surface area (TPSA) is 25.2 Å². The Morgan fingerprint density at radius 3 is 2.74 bits per heavy atom. The lowest BCUT2D eigenvalue weighted by Gasteiger charge is -2.06. The van der Waals surface area contributed by atoms with Crippen LogP contribution >= 0.6 is 27.5 Å². The van der Waals surface area contributed by atoms with E-state index in [0.717, 1.165) is 38.7 Å². The van der Waals surface area contributed by atoms with Gasteiger partial charge in [0.25, 0.3) is 0 Å². The van der Waals surface area contributed by atoms with Gasteiger partial charge >= 0.3 is 0 Å². The number of furan rings is 1. The summed E-state index contributed by atoms with van der Waals surface area (Å²) >= 11 is 9.73. The van der Waals surface area contributed by atoms with Gasteiger partial charge in [-0.15, -0.1) is 0 Å². The van der Waals surface area contributed by atoms with E-state index in [-0.39, 0.29) is 0 Å². The van der Waals surface area contributed by atoms with Crippen molar-refractivity contribution in [3.63, 3.8) is 0 Å². The fourth-order valence-corrected chi connectivity index (χ4v) is 2.57. The van der Waals surface area contributed by atoms with Gasteiger partial charge in [0.1, 0.15) is 11.5 Å². The first-order valence-electron chi connectivity index (χ1n) is 6.25. The van der Waals surface area contributed by atoms with Crippen LogP contribution in [0, 0.1) is 6.92 Å². The van der Waals surface area contributed by atoms with Crippen LogP contribution in [0.25, 0.3) is 11.3 Å². The molecule has 19 heavy (non-hydrogen) atoms. The molecule has 0 aliphatic rings. The number of aryl methyl sites for hydroxylation is 1. The maximum atomic E-state index is 6.17. The van der Waals surface area contributed by atoms with Crippen LogP contribution in [0.15, 0.2) is 33.2 Å². The molecule has 0 aliphatic heterocycles. The number of halogens is 2. The lowest BCUT2D eigenvalue weighted by molar-refractivity contribution is 0.473. The molecule has 2 rings (SSSR count). The Hall–Kier alpha value is -0.770. The summed E-state index contributed by atoms with van der Waals surface area (Å²) in [4.78, 5) is 0. The van der Waals surface area contributed by atoms with Crippen molar-refractivity contribution in [2.75, 3.05) is 0 Å². The van der Waals surface area contributed by atoms with E-state index >= 15 is 0 Å². The molecule has 4 heteroatoms. The highest BCUT2D eigenvalue weighted by Crippen LogP contribution is 2.34. The average Bonchev–Trinajstić information content (AvgIpc) is 2.80. The Bertz CT molecular complexity index is 578. The zero-order valence-electron chi connectivity index (χ0n) is 11.3. The van der Waals surface area contributed by atoms with Gasteiger partial charge in [-0.25, -0.2) is 0 Å². The maximum Gasteiger partial charge on any atom is 0.135 e. The molecule has 1 heterocycles. The van der Waals surface area contributed by atoms with Crippen LogP contribution in [0.1, 0.15) is 25.2 Å².